The zero-order valence-corrected chi connectivity index (χ0v) is 18.6. The topological polar surface area (TPSA) is 84.7 Å². The van der Waals surface area contributed by atoms with Gasteiger partial charge in [-0.05, 0) is 80.9 Å². The van der Waals surface area contributed by atoms with Crippen LogP contribution in [0.25, 0.3) is 0 Å². The van der Waals surface area contributed by atoms with E-state index >= 15 is 0 Å². The highest BCUT2D eigenvalue weighted by Crippen LogP contribution is 2.21. The van der Waals surface area contributed by atoms with Crippen molar-refractivity contribution < 1.29 is 14.7 Å². The summed E-state index contributed by atoms with van der Waals surface area (Å²) in [5.74, 6) is 0.641. The Morgan fingerprint density at radius 2 is 1.78 bits per heavy atom. The van der Waals surface area contributed by atoms with Gasteiger partial charge in [0.1, 0.15) is 6.61 Å². The minimum absolute atomic E-state index is 0.155. The van der Waals surface area contributed by atoms with Gasteiger partial charge in [0.15, 0.2) is 0 Å². The minimum Gasteiger partial charge on any atom is -0.352 e. The van der Waals surface area contributed by atoms with Crippen LogP contribution in [0.1, 0.15) is 53.6 Å². The Bertz CT molecular complexity index is 851. The quantitative estimate of drug-likeness (QED) is 0.304. The van der Waals surface area contributed by atoms with Gasteiger partial charge in [0.05, 0.1) is 0 Å². The van der Waals surface area contributed by atoms with Crippen LogP contribution < -0.4 is 5.32 Å². The van der Waals surface area contributed by atoms with E-state index in [1.54, 1.807) is 24.3 Å². The number of unbranched alkanes of at least 4 members (excludes halogenated alkanes) is 2. The average molecular weight is 440 g/mol. The van der Waals surface area contributed by atoms with Crippen LogP contribution in [-0.2, 0) is 17.9 Å². The molecule has 0 saturated carbocycles. The molecule has 7 heteroatoms. The van der Waals surface area contributed by atoms with Gasteiger partial charge in [0, 0.05) is 12.1 Å². The van der Waals surface area contributed by atoms with E-state index in [4.69, 9.17) is 0 Å². The third-order valence-corrected chi connectivity index (χ3v) is 6.04. The third-order valence-electron chi connectivity index (χ3n) is 6.04. The lowest BCUT2D eigenvalue weighted by Gasteiger charge is -2.32. The number of carbonyl (C=O) groups is 1. The van der Waals surface area contributed by atoms with Crippen molar-refractivity contribution in [3.63, 3.8) is 0 Å². The molecule has 0 radical (unpaired) electrons. The number of carbonyl (C=O) groups excluding carboxylic acids is 1. The van der Waals surface area contributed by atoms with Gasteiger partial charge in [-0.2, -0.15) is 0 Å². The highest BCUT2D eigenvalue weighted by molar-refractivity contribution is 5.94. The lowest BCUT2D eigenvalue weighted by Crippen LogP contribution is -2.35. The highest BCUT2D eigenvalue weighted by atomic mass is 16.9. The van der Waals surface area contributed by atoms with Crippen molar-refractivity contribution in [2.45, 2.75) is 45.1 Å². The van der Waals surface area contributed by atoms with E-state index in [0.717, 1.165) is 31.7 Å². The van der Waals surface area contributed by atoms with Gasteiger partial charge >= 0.3 is 0 Å². The van der Waals surface area contributed by atoms with Crippen LogP contribution in [-0.4, -0.2) is 42.1 Å². The maximum atomic E-state index is 12.3. The van der Waals surface area contributed by atoms with Crippen molar-refractivity contribution in [2.75, 3.05) is 26.2 Å². The van der Waals surface area contributed by atoms with Crippen LogP contribution in [0.15, 0.2) is 54.6 Å². The monoisotopic (exact) mass is 439 g/mol. The predicted molar refractivity (Wildman–Crippen MR) is 124 cm³/mol. The molecule has 2 aromatic carbocycles. The Kier molecular flexibility index (Phi) is 9.50. The lowest BCUT2D eigenvalue weighted by molar-refractivity contribution is -0.763. The number of piperidine rings is 1. The molecule has 0 aromatic heterocycles. The molecule has 1 saturated heterocycles. The molecule has 1 fully saturated rings. The fraction of sp³-hybridized carbons (Fsp3) is 0.480. The Morgan fingerprint density at radius 3 is 2.53 bits per heavy atom. The smallest absolute Gasteiger partial charge is 0.294 e. The largest absolute Gasteiger partial charge is 0.352 e. The SMILES string of the molecule is O=C(NCCCCCN1CCC(Cc2ccccc2)CC1)c1cccc(CO[N+](=O)[O-])c1. The summed E-state index contributed by atoms with van der Waals surface area (Å²) >= 11 is 0. The molecule has 32 heavy (non-hydrogen) atoms. The first-order valence-electron chi connectivity index (χ1n) is 11.5. The van der Waals surface area contributed by atoms with E-state index in [-0.39, 0.29) is 12.5 Å². The van der Waals surface area contributed by atoms with E-state index in [2.05, 4.69) is 45.4 Å². The second-order valence-electron chi connectivity index (χ2n) is 8.49. The van der Waals surface area contributed by atoms with Crippen molar-refractivity contribution in [3.8, 4) is 0 Å². The number of nitrogens with zero attached hydrogens (tertiary/aromatic N) is 2. The van der Waals surface area contributed by atoms with Gasteiger partial charge in [-0.1, -0.05) is 48.9 Å². The summed E-state index contributed by atoms with van der Waals surface area (Å²) in [6.07, 6.45) is 6.92. The Morgan fingerprint density at radius 1 is 1.03 bits per heavy atom. The van der Waals surface area contributed by atoms with Crippen molar-refractivity contribution in [1.29, 1.82) is 0 Å². The molecule has 1 aliphatic heterocycles. The fourth-order valence-electron chi connectivity index (χ4n) is 4.23. The minimum atomic E-state index is -0.834. The molecule has 0 aliphatic carbocycles. The first kappa shape index (κ1) is 23.7. The van der Waals surface area contributed by atoms with Crippen LogP contribution in [0.4, 0.5) is 0 Å². The molecule has 1 heterocycles. The first-order chi connectivity index (χ1) is 15.6. The van der Waals surface area contributed by atoms with E-state index in [0.29, 0.717) is 17.7 Å². The Balaban J connectivity index is 1.25. The van der Waals surface area contributed by atoms with E-state index in [1.807, 2.05) is 0 Å². The molecular weight excluding hydrogens is 406 g/mol. The molecule has 1 N–H and O–H groups in total. The lowest BCUT2D eigenvalue weighted by atomic mass is 9.90. The van der Waals surface area contributed by atoms with Crippen LogP contribution in [0, 0.1) is 16.0 Å². The maximum Gasteiger partial charge on any atom is 0.294 e. The van der Waals surface area contributed by atoms with Gasteiger partial charge in [-0.15, -0.1) is 10.1 Å². The molecule has 172 valence electrons. The average Bonchev–Trinajstić information content (AvgIpc) is 2.81. The predicted octanol–water partition coefficient (Wildman–Crippen LogP) is 4.25. The number of nitrogens with one attached hydrogen (secondary N) is 1. The fourth-order valence-corrected chi connectivity index (χ4v) is 4.23. The molecule has 0 spiro atoms. The van der Waals surface area contributed by atoms with Crippen LogP contribution in [0.3, 0.4) is 0 Å². The van der Waals surface area contributed by atoms with Crippen LogP contribution in [0.2, 0.25) is 0 Å². The maximum absolute atomic E-state index is 12.3. The second-order valence-corrected chi connectivity index (χ2v) is 8.49. The third kappa shape index (κ3) is 8.30. The van der Waals surface area contributed by atoms with Crippen molar-refractivity contribution >= 4 is 5.91 Å². The number of hydrogen-bond acceptors (Lipinski definition) is 5. The number of amides is 1. The molecular formula is C25H33N3O4. The summed E-state index contributed by atoms with van der Waals surface area (Å²) in [6, 6.07) is 17.5. The van der Waals surface area contributed by atoms with Crippen molar-refractivity contribution in [3.05, 3.63) is 81.4 Å². The second kappa shape index (κ2) is 12.8. The number of rotatable bonds is 12. The first-order valence-corrected chi connectivity index (χ1v) is 11.5. The highest BCUT2D eigenvalue weighted by Gasteiger charge is 2.19. The van der Waals surface area contributed by atoms with E-state index in [1.165, 1.54) is 37.9 Å². The van der Waals surface area contributed by atoms with Crippen LogP contribution >= 0.6 is 0 Å². The normalized spacial score (nSPS) is 14.8. The molecule has 2 aromatic rings. The van der Waals surface area contributed by atoms with E-state index in [9.17, 15) is 14.9 Å². The Labute approximate surface area is 189 Å². The number of hydrogen-bond donors (Lipinski definition) is 1. The molecule has 7 nitrogen and oxygen atoms in total. The zero-order valence-electron chi connectivity index (χ0n) is 18.6. The number of likely N-dealkylation sites (tertiary alicyclic amines) is 1. The molecule has 0 atom stereocenters. The van der Waals surface area contributed by atoms with Gasteiger partial charge in [-0.3, -0.25) is 4.79 Å². The molecule has 1 amide bonds. The van der Waals surface area contributed by atoms with Crippen molar-refractivity contribution in [2.24, 2.45) is 5.92 Å². The number of benzene rings is 2. The van der Waals surface area contributed by atoms with Gasteiger partial charge in [0.25, 0.3) is 11.0 Å². The summed E-state index contributed by atoms with van der Waals surface area (Å²) in [5, 5.41) is 12.4. The molecule has 0 bridgehead atoms. The molecule has 1 aliphatic rings. The van der Waals surface area contributed by atoms with Gasteiger partial charge in [0.2, 0.25) is 0 Å². The summed E-state index contributed by atoms with van der Waals surface area (Å²) in [7, 11) is 0. The summed E-state index contributed by atoms with van der Waals surface area (Å²) < 4.78 is 0. The zero-order chi connectivity index (χ0) is 22.6. The van der Waals surface area contributed by atoms with Gasteiger partial charge < -0.3 is 15.1 Å². The molecule has 0 unspecified atom stereocenters. The van der Waals surface area contributed by atoms with Gasteiger partial charge in [-0.25, -0.2) is 0 Å². The standard InChI is InChI=1S/C25H33N3O4/c29-25(24-11-7-10-23(19-24)20-32-28(30)31)26-14-5-2-6-15-27-16-12-22(13-17-27)18-21-8-3-1-4-9-21/h1,3-4,7-11,19,22H,2,5-6,12-18,20H2,(H,26,29). The molecule has 3 rings (SSSR count). The summed E-state index contributed by atoms with van der Waals surface area (Å²) in [6.45, 7) is 3.98. The van der Waals surface area contributed by atoms with Crippen LogP contribution in [0.5, 0.6) is 0 Å². The van der Waals surface area contributed by atoms with Crippen molar-refractivity contribution in [1.82, 2.24) is 10.2 Å². The van der Waals surface area contributed by atoms with E-state index < -0.39 is 5.09 Å². The summed E-state index contributed by atoms with van der Waals surface area (Å²) in [5.41, 5.74) is 2.54. The summed E-state index contributed by atoms with van der Waals surface area (Å²) in [4.78, 5) is 29.5. The Hall–Kier alpha value is -2.93.